The molecule has 3 nitrogen and oxygen atoms in total. The van der Waals surface area contributed by atoms with Crippen LogP contribution in [0.25, 0.3) is 0 Å². The Morgan fingerprint density at radius 1 is 1.13 bits per heavy atom. The number of anilines is 1. The molecule has 3 rings (SSSR count). The maximum atomic E-state index is 13.2. The fourth-order valence-electron chi connectivity index (χ4n) is 2.65. The third-order valence-electron chi connectivity index (χ3n) is 4.07. The minimum absolute atomic E-state index is 0.248. The molecule has 1 aliphatic heterocycles. The zero-order valence-corrected chi connectivity index (χ0v) is 13.7. The zero-order chi connectivity index (χ0) is 16.4. The fourth-order valence-corrected chi connectivity index (χ4v) is 2.65. The molecular weight excluding hydrogens is 291 g/mol. The number of hydrogen-bond donors (Lipinski definition) is 1. The van der Waals surface area contributed by atoms with Gasteiger partial charge in [0.2, 0.25) is 0 Å². The van der Waals surface area contributed by atoms with Crippen LogP contribution in [0.1, 0.15) is 38.3 Å². The van der Waals surface area contributed by atoms with E-state index in [-0.39, 0.29) is 5.82 Å². The normalized spacial score (nSPS) is 19.6. The highest BCUT2D eigenvalue weighted by molar-refractivity contribution is 6.15. The molecule has 1 heterocycles. The molecule has 0 bridgehead atoms. The van der Waals surface area contributed by atoms with Gasteiger partial charge in [-0.3, -0.25) is 0 Å². The molecule has 0 aliphatic carbocycles. The third kappa shape index (κ3) is 3.07. The molecule has 4 heteroatoms. The Kier molecular flexibility index (Phi) is 4.07. The summed E-state index contributed by atoms with van der Waals surface area (Å²) in [7, 11) is 0. The molecular formula is C19H21FN2O. The number of nitrogens with zero attached hydrogens (tertiary/aromatic N) is 1. The first kappa shape index (κ1) is 15.5. The van der Waals surface area contributed by atoms with Crippen LogP contribution in [0.4, 0.5) is 10.1 Å². The Balaban J connectivity index is 2.11. The average molecular weight is 312 g/mol. The molecule has 0 fully saturated rings. The molecule has 1 N–H and O–H groups in total. The topological polar surface area (TPSA) is 33.6 Å². The third-order valence-corrected chi connectivity index (χ3v) is 4.07. The molecule has 1 unspecified atom stereocenters. The van der Waals surface area contributed by atoms with E-state index < -0.39 is 5.72 Å². The van der Waals surface area contributed by atoms with Crippen LogP contribution in [0.5, 0.6) is 5.75 Å². The summed E-state index contributed by atoms with van der Waals surface area (Å²) in [6, 6.07) is 12.5. The lowest BCUT2D eigenvalue weighted by atomic mass is 9.97. The van der Waals surface area contributed by atoms with Crippen molar-refractivity contribution in [3.63, 3.8) is 0 Å². The lowest BCUT2D eigenvalue weighted by molar-refractivity contribution is 0.0903. The van der Waals surface area contributed by atoms with Gasteiger partial charge in [0.1, 0.15) is 11.6 Å². The van der Waals surface area contributed by atoms with E-state index in [4.69, 9.17) is 9.73 Å². The van der Waals surface area contributed by atoms with Crippen molar-refractivity contribution in [1.82, 2.24) is 0 Å². The second-order valence-corrected chi connectivity index (χ2v) is 5.84. The number of benzene rings is 2. The van der Waals surface area contributed by atoms with Crippen LogP contribution in [0.3, 0.4) is 0 Å². The summed E-state index contributed by atoms with van der Waals surface area (Å²) in [4.78, 5) is 4.80. The summed E-state index contributed by atoms with van der Waals surface area (Å²) in [5.41, 5.74) is 3.08. The number of fused-ring (bicyclic) bond motifs is 1. The van der Waals surface area contributed by atoms with Crippen LogP contribution in [-0.4, -0.2) is 18.0 Å². The van der Waals surface area contributed by atoms with Crippen molar-refractivity contribution in [2.45, 2.75) is 32.9 Å². The van der Waals surface area contributed by atoms with Crippen molar-refractivity contribution in [3.05, 3.63) is 59.4 Å². The molecule has 0 saturated heterocycles. The van der Waals surface area contributed by atoms with E-state index in [1.165, 1.54) is 12.1 Å². The summed E-state index contributed by atoms with van der Waals surface area (Å²) < 4.78 is 19.4. The van der Waals surface area contributed by atoms with Gasteiger partial charge >= 0.3 is 0 Å². The van der Waals surface area contributed by atoms with Crippen molar-refractivity contribution >= 4 is 11.4 Å². The summed E-state index contributed by atoms with van der Waals surface area (Å²) in [6.07, 6.45) is 0.753. The summed E-state index contributed by atoms with van der Waals surface area (Å²) in [5, 5.41) is 3.30. The molecule has 23 heavy (non-hydrogen) atoms. The van der Waals surface area contributed by atoms with Gasteiger partial charge in [-0.2, -0.15) is 0 Å². The summed E-state index contributed by atoms with van der Waals surface area (Å²) in [6.45, 7) is 6.93. The molecule has 0 saturated carbocycles. The Morgan fingerprint density at radius 2 is 1.87 bits per heavy atom. The quantitative estimate of drug-likeness (QED) is 0.894. The largest absolute Gasteiger partial charge is 0.466 e. The van der Waals surface area contributed by atoms with E-state index in [0.717, 1.165) is 41.2 Å². The number of ether oxygens (including phenoxy) is 1. The predicted octanol–water partition coefficient (Wildman–Crippen LogP) is 4.61. The number of halogens is 1. The van der Waals surface area contributed by atoms with Gasteiger partial charge < -0.3 is 10.1 Å². The molecule has 120 valence electrons. The van der Waals surface area contributed by atoms with Crippen molar-refractivity contribution in [2.24, 2.45) is 4.99 Å². The van der Waals surface area contributed by atoms with E-state index in [9.17, 15) is 4.39 Å². The van der Waals surface area contributed by atoms with Gasteiger partial charge in [-0.15, -0.1) is 0 Å². The summed E-state index contributed by atoms with van der Waals surface area (Å²) in [5.74, 6) is 0.560. The smallest absolute Gasteiger partial charge is 0.197 e. The second-order valence-electron chi connectivity index (χ2n) is 5.84. The van der Waals surface area contributed by atoms with Crippen LogP contribution < -0.4 is 10.1 Å². The number of hydrogen-bond acceptors (Lipinski definition) is 3. The van der Waals surface area contributed by atoms with Crippen LogP contribution in [0, 0.1) is 5.82 Å². The molecule has 0 amide bonds. The van der Waals surface area contributed by atoms with Crippen LogP contribution in [0.15, 0.2) is 47.5 Å². The standard InChI is InChI=1S/C19H21FN2O/c1-4-19(3)22-18(13-6-8-14(20)9-7-13)16-11-10-15(21-5-2)12-17(16)23-19/h6-12,21H,4-5H2,1-3H3. The van der Waals surface area contributed by atoms with Gasteiger partial charge in [-0.05, 0) is 50.2 Å². The first-order valence-electron chi connectivity index (χ1n) is 7.98. The highest BCUT2D eigenvalue weighted by atomic mass is 19.1. The number of rotatable bonds is 4. The van der Waals surface area contributed by atoms with Gasteiger partial charge in [0, 0.05) is 35.8 Å². The predicted molar refractivity (Wildman–Crippen MR) is 92.0 cm³/mol. The van der Waals surface area contributed by atoms with Gasteiger partial charge in [0.25, 0.3) is 0 Å². The lowest BCUT2D eigenvalue weighted by Gasteiger charge is -2.32. The Bertz CT molecular complexity index is 740. The van der Waals surface area contributed by atoms with Crippen LogP contribution in [0.2, 0.25) is 0 Å². The Hall–Kier alpha value is -2.36. The van der Waals surface area contributed by atoms with Crippen LogP contribution >= 0.6 is 0 Å². The summed E-state index contributed by atoms with van der Waals surface area (Å²) >= 11 is 0. The first-order valence-corrected chi connectivity index (χ1v) is 7.98. The SMILES string of the molecule is CCNc1ccc2c(c1)OC(C)(CC)N=C2c1ccc(F)cc1. The molecule has 0 radical (unpaired) electrons. The maximum Gasteiger partial charge on any atom is 0.197 e. The first-order chi connectivity index (χ1) is 11.0. The Labute approximate surface area is 136 Å². The van der Waals surface area contributed by atoms with E-state index in [0.29, 0.717) is 0 Å². The minimum Gasteiger partial charge on any atom is -0.466 e. The van der Waals surface area contributed by atoms with Gasteiger partial charge in [-0.25, -0.2) is 9.38 Å². The zero-order valence-electron chi connectivity index (χ0n) is 13.7. The molecule has 1 atom stereocenters. The Morgan fingerprint density at radius 3 is 2.52 bits per heavy atom. The molecule has 0 aromatic heterocycles. The van der Waals surface area contributed by atoms with E-state index >= 15 is 0 Å². The lowest BCUT2D eigenvalue weighted by Crippen LogP contribution is -2.35. The molecule has 2 aromatic carbocycles. The van der Waals surface area contributed by atoms with Crippen molar-refractivity contribution in [2.75, 3.05) is 11.9 Å². The fraction of sp³-hybridized carbons (Fsp3) is 0.316. The van der Waals surface area contributed by atoms with Crippen molar-refractivity contribution < 1.29 is 9.13 Å². The highest BCUT2D eigenvalue weighted by Gasteiger charge is 2.31. The van der Waals surface area contributed by atoms with E-state index in [1.54, 1.807) is 12.1 Å². The van der Waals surface area contributed by atoms with Gasteiger partial charge in [-0.1, -0.05) is 6.92 Å². The minimum atomic E-state index is -0.610. The molecule has 2 aromatic rings. The van der Waals surface area contributed by atoms with Crippen molar-refractivity contribution in [3.8, 4) is 5.75 Å². The highest BCUT2D eigenvalue weighted by Crippen LogP contribution is 2.36. The number of aliphatic imine (C=N–C) groups is 1. The maximum absolute atomic E-state index is 13.2. The average Bonchev–Trinajstić information content (AvgIpc) is 2.55. The van der Waals surface area contributed by atoms with E-state index in [1.807, 2.05) is 32.0 Å². The van der Waals surface area contributed by atoms with E-state index in [2.05, 4.69) is 12.2 Å². The van der Waals surface area contributed by atoms with Gasteiger partial charge in [0.05, 0.1) is 5.71 Å². The second kappa shape index (κ2) is 6.03. The number of nitrogens with one attached hydrogen (secondary N) is 1. The van der Waals surface area contributed by atoms with Crippen molar-refractivity contribution in [1.29, 1.82) is 0 Å². The molecule has 0 spiro atoms. The van der Waals surface area contributed by atoms with Gasteiger partial charge in [0.15, 0.2) is 5.72 Å². The monoisotopic (exact) mass is 312 g/mol. The molecule has 1 aliphatic rings. The van der Waals surface area contributed by atoms with Crippen LogP contribution in [-0.2, 0) is 0 Å².